The SMILES string of the molecule is Cc1ccc(NS(=O)(=O)c2ccc(NS(=O)(=O)c3ccc(Oc4ccccc4)cc3)cc2)c(C)c1. The summed E-state index contributed by atoms with van der Waals surface area (Å²) in [5.74, 6) is 1.14. The van der Waals surface area contributed by atoms with Crippen LogP contribution < -0.4 is 14.2 Å². The first kappa shape index (κ1) is 24.3. The van der Waals surface area contributed by atoms with Crippen molar-refractivity contribution in [1.29, 1.82) is 0 Å². The van der Waals surface area contributed by atoms with E-state index in [1.165, 1.54) is 36.4 Å². The Balaban J connectivity index is 1.45. The number of sulfonamides is 2. The fourth-order valence-electron chi connectivity index (χ4n) is 3.36. The maximum absolute atomic E-state index is 12.8. The molecule has 0 atom stereocenters. The molecule has 0 saturated heterocycles. The second kappa shape index (κ2) is 9.81. The van der Waals surface area contributed by atoms with Gasteiger partial charge in [-0.25, -0.2) is 16.8 Å². The van der Waals surface area contributed by atoms with Crippen molar-refractivity contribution in [2.45, 2.75) is 23.6 Å². The molecule has 0 aliphatic carbocycles. The van der Waals surface area contributed by atoms with Crippen molar-refractivity contribution < 1.29 is 21.6 Å². The molecule has 0 fully saturated rings. The number of anilines is 2. The van der Waals surface area contributed by atoms with E-state index in [-0.39, 0.29) is 15.5 Å². The number of aryl methyl sites for hydroxylation is 2. The molecular formula is C26H24N2O5S2. The van der Waals surface area contributed by atoms with E-state index < -0.39 is 20.0 Å². The zero-order chi connectivity index (χ0) is 25.1. The molecule has 35 heavy (non-hydrogen) atoms. The third kappa shape index (κ3) is 6.00. The molecular weight excluding hydrogens is 484 g/mol. The van der Waals surface area contributed by atoms with Crippen LogP contribution in [0, 0.1) is 13.8 Å². The maximum Gasteiger partial charge on any atom is 0.261 e. The smallest absolute Gasteiger partial charge is 0.261 e. The normalized spacial score (nSPS) is 11.6. The van der Waals surface area contributed by atoms with Gasteiger partial charge in [-0.15, -0.1) is 0 Å². The molecule has 180 valence electrons. The van der Waals surface area contributed by atoms with Crippen molar-refractivity contribution in [3.05, 3.63) is 108 Å². The van der Waals surface area contributed by atoms with Gasteiger partial charge in [-0.1, -0.05) is 35.9 Å². The van der Waals surface area contributed by atoms with Crippen molar-refractivity contribution >= 4 is 31.4 Å². The van der Waals surface area contributed by atoms with E-state index in [4.69, 9.17) is 4.74 Å². The van der Waals surface area contributed by atoms with Gasteiger partial charge in [0.15, 0.2) is 0 Å². The molecule has 7 nitrogen and oxygen atoms in total. The first-order chi connectivity index (χ1) is 16.6. The zero-order valence-electron chi connectivity index (χ0n) is 19.1. The molecule has 0 aliphatic heterocycles. The van der Waals surface area contributed by atoms with Crippen LogP contribution in [0.1, 0.15) is 11.1 Å². The molecule has 9 heteroatoms. The van der Waals surface area contributed by atoms with Gasteiger partial charge in [0.1, 0.15) is 11.5 Å². The predicted octanol–water partition coefficient (Wildman–Crippen LogP) is 5.70. The molecule has 4 aromatic rings. The van der Waals surface area contributed by atoms with Crippen LogP contribution in [0.2, 0.25) is 0 Å². The molecule has 0 spiro atoms. The molecule has 0 bridgehead atoms. The van der Waals surface area contributed by atoms with E-state index in [2.05, 4.69) is 9.44 Å². The Bertz CT molecular complexity index is 1530. The summed E-state index contributed by atoms with van der Waals surface area (Å²) in [6.07, 6.45) is 0. The highest BCUT2D eigenvalue weighted by Crippen LogP contribution is 2.25. The number of hydrogen-bond donors (Lipinski definition) is 2. The van der Waals surface area contributed by atoms with Gasteiger partial charge >= 0.3 is 0 Å². The van der Waals surface area contributed by atoms with Crippen molar-refractivity contribution in [3.8, 4) is 11.5 Å². The van der Waals surface area contributed by atoms with E-state index >= 15 is 0 Å². The average Bonchev–Trinajstić information content (AvgIpc) is 2.82. The molecule has 0 unspecified atom stereocenters. The summed E-state index contributed by atoms with van der Waals surface area (Å²) in [6, 6.07) is 26.1. The van der Waals surface area contributed by atoms with Gasteiger partial charge in [0.25, 0.3) is 20.0 Å². The van der Waals surface area contributed by atoms with Gasteiger partial charge in [-0.2, -0.15) is 0 Å². The first-order valence-corrected chi connectivity index (χ1v) is 13.6. The van der Waals surface area contributed by atoms with Crippen LogP contribution in [-0.4, -0.2) is 16.8 Å². The molecule has 0 radical (unpaired) electrons. The lowest BCUT2D eigenvalue weighted by atomic mass is 10.1. The second-order valence-electron chi connectivity index (χ2n) is 7.94. The second-order valence-corrected chi connectivity index (χ2v) is 11.3. The minimum absolute atomic E-state index is 0.0165. The number of para-hydroxylation sites is 1. The Kier molecular flexibility index (Phi) is 6.81. The summed E-state index contributed by atoms with van der Waals surface area (Å²) < 4.78 is 61.8. The van der Waals surface area contributed by atoms with Gasteiger partial charge in [0.05, 0.1) is 15.5 Å². The molecule has 2 N–H and O–H groups in total. The minimum Gasteiger partial charge on any atom is -0.457 e. The van der Waals surface area contributed by atoms with E-state index in [1.54, 1.807) is 30.3 Å². The molecule has 0 saturated carbocycles. The van der Waals surface area contributed by atoms with Crippen LogP contribution in [0.25, 0.3) is 0 Å². The molecule has 0 aromatic heterocycles. The number of hydrogen-bond acceptors (Lipinski definition) is 5. The van der Waals surface area contributed by atoms with Crippen LogP contribution in [0.15, 0.2) is 107 Å². The number of benzene rings is 4. The quantitative estimate of drug-likeness (QED) is 0.318. The Morgan fingerprint density at radius 1 is 0.600 bits per heavy atom. The van der Waals surface area contributed by atoms with Crippen molar-refractivity contribution in [3.63, 3.8) is 0 Å². The molecule has 0 amide bonds. The number of nitrogens with one attached hydrogen (secondary N) is 2. The van der Waals surface area contributed by atoms with Crippen LogP contribution in [0.3, 0.4) is 0 Å². The fraction of sp³-hybridized carbons (Fsp3) is 0.0769. The minimum atomic E-state index is -3.88. The Morgan fingerprint density at radius 3 is 1.74 bits per heavy atom. The topological polar surface area (TPSA) is 102 Å². The fourth-order valence-corrected chi connectivity index (χ4v) is 5.55. The first-order valence-electron chi connectivity index (χ1n) is 10.7. The van der Waals surface area contributed by atoms with Crippen LogP contribution >= 0.6 is 0 Å². The van der Waals surface area contributed by atoms with E-state index in [1.807, 2.05) is 44.2 Å². The lowest BCUT2D eigenvalue weighted by Gasteiger charge is -2.12. The lowest BCUT2D eigenvalue weighted by molar-refractivity contribution is 0.482. The maximum atomic E-state index is 12.8. The Hall–Kier alpha value is -3.82. The van der Waals surface area contributed by atoms with Crippen molar-refractivity contribution in [1.82, 2.24) is 0 Å². The summed E-state index contributed by atoms with van der Waals surface area (Å²) in [6.45, 7) is 3.75. The standard InChI is InChI=1S/C26H24N2O5S2/c1-19-8-17-26(20(2)18-19)28-35(31,32)24-13-9-21(10-14-24)27-34(29,30)25-15-11-23(12-16-25)33-22-6-4-3-5-7-22/h3-18,27-28H,1-2H3. The van der Waals surface area contributed by atoms with Crippen LogP contribution in [0.4, 0.5) is 11.4 Å². The summed E-state index contributed by atoms with van der Waals surface area (Å²) in [5.41, 5.74) is 2.55. The summed E-state index contributed by atoms with van der Waals surface area (Å²) in [4.78, 5) is 0.0639. The molecule has 4 rings (SSSR count). The number of ether oxygens (including phenoxy) is 1. The monoisotopic (exact) mass is 508 g/mol. The lowest BCUT2D eigenvalue weighted by Crippen LogP contribution is -2.15. The number of rotatable bonds is 8. The molecule has 4 aromatic carbocycles. The van der Waals surface area contributed by atoms with Gasteiger partial charge < -0.3 is 4.74 Å². The van der Waals surface area contributed by atoms with E-state index in [0.717, 1.165) is 11.1 Å². The largest absolute Gasteiger partial charge is 0.457 e. The summed E-state index contributed by atoms with van der Waals surface area (Å²) in [7, 11) is -7.71. The van der Waals surface area contributed by atoms with E-state index in [0.29, 0.717) is 17.2 Å². The summed E-state index contributed by atoms with van der Waals surface area (Å²) in [5, 5.41) is 0. The van der Waals surface area contributed by atoms with Gasteiger partial charge in [0, 0.05) is 5.69 Å². The zero-order valence-corrected chi connectivity index (χ0v) is 20.7. The van der Waals surface area contributed by atoms with Gasteiger partial charge in [0.2, 0.25) is 0 Å². The van der Waals surface area contributed by atoms with E-state index in [9.17, 15) is 16.8 Å². The van der Waals surface area contributed by atoms with Crippen molar-refractivity contribution in [2.75, 3.05) is 9.44 Å². The Labute approximate surface area is 205 Å². The van der Waals surface area contributed by atoms with Gasteiger partial charge in [-0.05, 0) is 86.1 Å². The Morgan fingerprint density at radius 2 is 1.14 bits per heavy atom. The highest BCUT2D eigenvalue weighted by molar-refractivity contribution is 7.93. The van der Waals surface area contributed by atoms with Crippen LogP contribution in [0.5, 0.6) is 11.5 Å². The third-order valence-electron chi connectivity index (χ3n) is 5.16. The highest BCUT2D eigenvalue weighted by atomic mass is 32.2. The molecule has 0 aliphatic rings. The predicted molar refractivity (Wildman–Crippen MR) is 137 cm³/mol. The molecule has 0 heterocycles. The third-order valence-corrected chi connectivity index (χ3v) is 7.93. The average molecular weight is 509 g/mol. The van der Waals surface area contributed by atoms with Gasteiger partial charge in [-0.3, -0.25) is 9.44 Å². The van der Waals surface area contributed by atoms with Crippen molar-refractivity contribution in [2.24, 2.45) is 0 Å². The highest BCUT2D eigenvalue weighted by Gasteiger charge is 2.18. The summed E-state index contributed by atoms with van der Waals surface area (Å²) >= 11 is 0. The van der Waals surface area contributed by atoms with Crippen LogP contribution in [-0.2, 0) is 20.0 Å².